The van der Waals surface area contributed by atoms with Crippen LogP contribution in [0.25, 0.3) is 11.3 Å². The molecular formula is C23H22Cl2N4O. The van der Waals surface area contributed by atoms with Gasteiger partial charge in [-0.25, -0.2) is 0 Å². The normalized spacial score (nSPS) is 14.5. The van der Waals surface area contributed by atoms with E-state index in [9.17, 15) is 4.79 Å². The standard InChI is InChI=1S/C23H22Cl2N4O/c24-19-5-1-16(2-6-19)15-26-23(30)18-11-13-29(14-12-18)22-10-9-21(27-28-22)17-3-7-20(25)8-4-17/h1-10,18H,11-15H2,(H,26,30). The predicted octanol–water partition coefficient (Wildman–Crippen LogP) is 4.98. The molecule has 7 heteroatoms. The van der Waals surface area contributed by atoms with Gasteiger partial charge in [0.1, 0.15) is 0 Å². The molecule has 5 nitrogen and oxygen atoms in total. The third kappa shape index (κ3) is 5.10. The van der Waals surface area contributed by atoms with E-state index in [2.05, 4.69) is 20.4 Å². The van der Waals surface area contributed by atoms with Crippen molar-refractivity contribution in [2.75, 3.05) is 18.0 Å². The summed E-state index contributed by atoms with van der Waals surface area (Å²) in [5.41, 5.74) is 2.84. The van der Waals surface area contributed by atoms with E-state index in [0.717, 1.165) is 48.6 Å². The fourth-order valence-electron chi connectivity index (χ4n) is 3.58. The van der Waals surface area contributed by atoms with Crippen LogP contribution in [0.5, 0.6) is 0 Å². The van der Waals surface area contributed by atoms with Crippen molar-refractivity contribution >= 4 is 34.9 Å². The maximum Gasteiger partial charge on any atom is 0.223 e. The largest absolute Gasteiger partial charge is 0.355 e. The molecule has 1 aromatic heterocycles. The summed E-state index contributed by atoms with van der Waals surface area (Å²) < 4.78 is 0. The maximum atomic E-state index is 12.5. The third-order valence-electron chi connectivity index (χ3n) is 5.36. The van der Waals surface area contributed by atoms with Crippen LogP contribution in [0.4, 0.5) is 5.82 Å². The van der Waals surface area contributed by atoms with Gasteiger partial charge in [-0.2, -0.15) is 0 Å². The van der Waals surface area contributed by atoms with Crippen molar-refractivity contribution in [1.82, 2.24) is 15.5 Å². The average Bonchev–Trinajstić information content (AvgIpc) is 2.79. The van der Waals surface area contributed by atoms with Gasteiger partial charge in [0.05, 0.1) is 5.69 Å². The minimum Gasteiger partial charge on any atom is -0.355 e. The SMILES string of the molecule is O=C(NCc1ccc(Cl)cc1)C1CCN(c2ccc(-c3ccc(Cl)cc3)nn2)CC1. The Morgan fingerprint density at radius 1 is 0.900 bits per heavy atom. The van der Waals surface area contributed by atoms with Gasteiger partial charge in [0.15, 0.2) is 5.82 Å². The molecule has 0 bridgehead atoms. The van der Waals surface area contributed by atoms with Crippen LogP contribution in [0.15, 0.2) is 60.7 Å². The Morgan fingerprint density at radius 2 is 1.53 bits per heavy atom. The van der Waals surface area contributed by atoms with Gasteiger partial charge < -0.3 is 10.2 Å². The molecule has 0 spiro atoms. The van der Waals surface area contributed by atoms with E-state index in [1.165, 1.54) is 0 Å². The fraction of sp³-hybridized carbons (Fsp3) is 0.261. The molecular weight excluding hydrogens is 419 g/mol. The molecule has 1 aliphatic heterocycles. The Labute approximate surface area is 186 Å². The Balaban J connectivity index is 1.29. The number of nitrogens with one attached hydrogen (secondary N) is 1. The molecule has 0 saturated carbocycles. The van der Waals surface area contributed by atoms with E-state index >= 15 is 0 Å². The second-order valence-electron chi connectivity index (χ2n) is 7.39. The number of aromatic nitrogens is 2. The van der Waals surface area contributed by atoms with E-state index in [-0.39, 0.29) is 11.8 Å². The van der Waals surface area contributed by atoms with Crippen molar-refractivity contribution in [3.63, 3.8) is 0 Å². The summed E-state index contributed by atoms with van der Waals surface area (Å²) in [5.74, 6) is 0.969. The van der Waals surface area contributed by atoms with Crippen molar-refractivity contribution in [3.8, 4) is 11.3 Å². The summed E-state index contributed by atoms with van der Waals surface area (Å²) in [5, 5.41) is 13.2. The summed E-state index contributed by atoms with van der Waals surface area (Å²) in [4.78, 5) is 14.7. The van der Waals surface area contributed by atoms with E-state index in [0.29, 0.717) is 16.6 Å². The summed E-state index contributed by atoms with van der Waals surface area (Å²) in [7, 11) is 0. The van der Waals surface area contributed by atoms with Gasteiger partial charge in [-0.1, -0.05) is 47.5 Å². The monoisotopic (exact) mass is 440 g/mol. The molecule has 1 amide bonds. The lowest BCUT2D eigenvalue weighted by Gasteiger charge is -2.31. The molecule has 3 aromatic rings. The van der Waals surface area contributed by atoms with Crippen LogP contribution < -0.4 is 10.2 Å². The number of benzene rings is 2. The van der Waals surface area contributed by atoms with Crippen molar-refractivity contribution in [2.45, 2.75) is 19.4 Å². The first-order valence-corrected chi connectivity index (χ1v) is 10.7. The molecule has 0 aliphatic carbocycles. The number of hydrogen-bond acceptors (Lipinski definition) is 4. The predicted molar refractivity (Wildman–Crippen MR) is 121 cm³/mol. The first-order chi connectivity index (χ1) is 14.6. The minimum atomic E-state index is 0.0230. The molecule has 1 fully saturated rings. The van der Waals surface area contributed by atoms with Crippen LogP contribution in [0.2, 0.25) is 10.0 Å². The Bertz CT molecular complexity index is 983. The minimum absolute atomic E-state index is 0.0230. The van der Waals surface area contributed by atoms with Crippen molar-refractivity contribution in [1.29, 1.82) is 0 Å². The molecule has 4 rings (SSSR count). The van der Waals surface area contributed by atoms with Gasteiger partial charge in [-0.05, 0) is 54.8 Å². The molecule has 0 unspecified atom stereocenters. The Hall–Kier alpha value is -2.63. The third-order valence-corrected chi connectivity index (χ3v) is 5.86. The quantitative estimate of drug-likeness (QED) is 0.607. The molecule has 0 atom stereocenters. The lowest BCUT2D eigenvalue weighted by Crippen LogP contribution is -2.40. The van der Waals surface area contributed by atoms with Gasteiger partial charge in [0.2, 0.25) is 5.91 Å². The topological polar surface area (TPSA) is 58.1 Å². The molecule has 0 radical (unpaired) electrons. The van der Waals surface area contributed by atoms with Crippen LogP contribution in [0, 0.1) is 5.92 Å². The second-order valence-corrected chi connectivity index (χ2v) is 8.26. The van der Waals surface area contributed by atoms with Crippen LogP contribution in [-0.4, -0.2) is 29.2 Å². The summed E-state index contributed by atoms with van der Waals surface area (Å²) in [6.07, 6.45) is 1.60. The Morgan fingerprint density at radius 3 is 2.13 bits per heavy atom. The van der Waals surface area contributed by atoms with Gasteiger partial charge >= 0.3 is 0 Å². The van der Waals surface area contributed by atoms with E-state index in [1.807, 2.05) is 60.7 Å². The second kappa shape index (κ2) is 9.45. The first-order valence-electron chi connectivity index (χ1n) is 9.95. The van der Waals surface area contributed by atoms with Gasteiger partial charge in [-0.15, -0.1) is 10.2 Å². The lowest BCUT2D eigenvalue weighted by atomic mass is 9.96. The highest BCUT2D eigenvalue weighted by Gasteiger charge is 2.25. The van der Waals surface area contributed by atoms with Crippen LogP contribution in [0.1, 0.15) is 18.4 Å². The highest BCUT2D eigenvalue weighted by molar-refractivity contribution is 6.30. The molecule has 1 N–H and O–H groups in total. The zero-order valence-corrected chi connectivity index (χ0v) is 17.9. The average molecular weight is 441 g/mol. The lowest BCUT2D eigenvalue weighted by molar-refractivity contribution is -0.125. The Kier molecular flexibility index (Phi) is 6.50. The van der Waals surface area contributed by atoms with E-state index < -0.39 is 0 Å². The van der Waals surface area contributed by atoms with Gasteiger partial charge in [-0.3, -0.25) is 4.79 Å². The summed E-state index contributed by atoms with van der Waals surface area (Å²) in [6, 6.07) is 19.0. The van der Waals surface area contributed by atoms with Gasteiger partial charge in [0.25, 0.3) is 0 Å². The zero-order valence-electron chi connectivity index (χ0n) is 16.4. The highest BCUT2D eigenvalue weighted by atomic mass is 35.5. The summed E-state index contributed by atoms with van der Waals surface area (Å²) in [6.45, 7) is 2.09. The number of carbonyl (C=O) groups is 1. The van der Waals surface area contributed by atoms with E-state index in [4.69, 9.17) is 23.2 Å². The van der Waals surface area contributed by atoms with Crippen LogP contribution >= 0.6 is 23.2 Å². The van der Waals surface area contributed by atoms with Crippen molar-refractivity contribution < 1.29 is 4.79 Å². The van der Waals surface area contributed by atoms with Crippen LogP contribution in [0.3, 0.4) is 0 Å². The molecule has 2 aromatic carbocycles. The first kappa shape index (κ1) is 20.6. The van der Waals surface area contributed by atoms with Crippen LogP contribution in [-0.2, 0) is 11.3 Å². The van der Waals surface area contributed by atoms with Crippen molar-refractivity contribution in [2.24, 2.45) is 5.92 Å². The molecule has 154 valence electrons. The molecule has 30 heavy (non-hydrogen) atoms. The highest BCUT2D eigenvalue weighted by Crippen LogP contribution is 2.24. The number of piperidine rings is 1. The number of halogens is 2. The maximum absolute atomic E-state index is 12.5. The van der Waals surface area contributed by atoms with E-state index in [1.54, 1.807) is 0 Å². The number of anilines is 1. The van der Waals surface area contributed by atoms with Crippen molar-refractivity contribution in [3.05, 3.63) is 76.3 Å². The number of amides is 1. The number of nitrogens with zero attached hydrogens (tertiary/aromatic N) is 3. The number of rotatable bonds is 5. The fourth-order valence-corrected chi connectivity index (χ4v) is 3.83. The zero-order chi connectivity index (χ0) is 20.9. The molecule has 2 heterocycles. The smallest absolute Gasteiger partial charge is 0.223 e. The molecule has 1 saturated heterocycles. The number of hydrogen-bond donors (Lipinski definition) is 1. The van der Waals surface area contributed by atoms with Gasteiger partial charge in [0, 0.05) is 41.2 Å². The number of carbonyl (C=O) groups excluding carboxylic acids is 1. The molecule has 1 aliphatic rings. The summed E-state index contributed by atoms with van der Waals surface area (Å²) >= 11 is 11.8.